The monoisotopic (exact) mass is 436 g/mol. The number of carbonyl (C=O) groups is 2. The molecular weight excluding hydrogens is 412 g/mol. The zero-order chi connectivity index (χ0) is 21.6. The number of nitrogens with zero attached hydrogens (tertiary/aromatic N) is 2. The third-order valence-corrected chi connectivity index (χ3v) is 6.17. The molecule has 0 bridgehead atoms. The average Bonchev–Trinajstić information content (AvgIpc) is 3.11. The number of nitrogens with one attached hydrogen (secondary N) is 2. The van der Waals surface area contributed by atoms with Crippen LogP contribution < -0.4 is 10.6 Å². The van der Waals surface area contributed by atoms with Gasteiger partial charge in [-0.15, -0.1) is 0 Å². The molecule has 160 valence electrons. The lowest BCUT2D eigenvalue weighted by molar-refractivity contribution is -0.122. The van der Waals surface area contributed by atoms with E-state index in [4.69, 9.17) is 4.42 Å². The zero-order valence-corrected chi connectivity index (χ0v) is 18.1. The fraction of sp³-hybridized carbons (Fsp3) is 0.304. The molecule has 0 saturated heterocycles. The quantitative estimate of drug-likeness (QED) is 0.514. The first-order valence-electron chi connectivity index (χ1n) is 10.3. The average molecular weight is 437 g/mol. The minimum absolute atomic E-state index is 0.0415. The van der Waals surface area contributed by atoms with Crippen LogP contribution in [0.15, 0.2) is 58.1 Å². The standard InChI is InChI=1S/C23H24N4O3S/c1-15-19(13-25-20(28)14-31-21-11-4-5-12-24-21)27-23(30-15)17-9-2-3-10-18(17)26-22(29)16-7-6-8-16/h2-5,9-12,16H,6-8,13-14H2,1H3,(H,25,28)(H,26,29). The Morgan fingerprint density at radius 2 is 1.97 bits per heavy atom. The first kappa shape index (κ1) is 21.1. The van der Waals surface area contributed by atoms with Gasteiger partial charge in [0.1, 0.15) is 11.5 Å². The van der Waals surface area contributed by atoms with Crippen molar-refractivity contribution < 1.29 is 14.0 Å². The van der Waals surface area contributed by atoms with Gasteiger partial charge in [0.25, 0.3) is 0 Å². The molecule has 4 rings (SSSR count). The van der Waals surface area contributed by atoms with E-state index in [-0.39, 0.29) is 30.0 Å². The van der Waals surface area contributed by atoms with Crippen molar-refractivity contribution in [2.75, 3.05) is 11.1 Å². The van der Waals surface area contributed by atoms with Crippen LogP contribution in [0.1, 0.15) is 30.7 Å². The van der Waals surface area contributed by atoms with E-state index in [2.05, 4.69) is 20.6 Å². The number of carbonyl (C=O) groups excluding carboxylic acids is 2. The van der Waals surface area contributed by atoms with Gasteiger partial charge in [0.2, 0.25) is 17.7 Å². The number of amides is 2. The SMILES string of the molecule is Cc1oc(-c2ccccc2NC(=O)C2CCC2)nc1CNC(=O)CSc1ccccn1. The molecule has 7 nitrogen and oxygen atoms in total. The Morgan fingerprint density at radius 1 is 1.16 bits per heavy atom. The molecule has 2 heterocycles. The molecule has 1 saturated carbocycles. The minimum Gasteiger partial charge on any atom is -0.441 e. The summed E-state index contributed by atoms with van der Waals surface area (Å²) in [5.74, 6) is 1.36. The molecule has 2 N–H and O–H groups in total. The van der Waals surface area contributed by atoms with Gasteiger partial charge >= 0.3 is 0 Å². The van der Waals surface area contributed by atoms with Gasteiger partial charge in [-0.05, 0) is 44.0 Å². The maximum Gasteiger partial charge on any atom is 0.230 e. The van der Waals surface area contributed by atoms with Crippen LogP contribution in [0.5, 0.6) is 0 Å². The van der Waals surface area contributed by atoms with Crippen LogP contribution in [-0.2, 0) is 16.1 Å². The van der Waals surface area contributed by atoms with Crippen molar-refractivity contribution >= 4 is 29.3 Å². The molecule has 8 heteroatoms. The number of anilines is 1. The van der Waals surface area contributed by atoms with E-state index in [9.17, 15) is 9.59 Å². The van der Waals surface area contributed by atoms with Gasteiger partial charge in [0, 0.05) is 12.1 Å². The summed E-state index contributed by atoms with van der Waals surface area (Å²) in [7, 11) is 0. The lowest BCUT2D eigenvalue weighted by Crippen LogP contribution is -2.28. The van der Waals surface area contributed by atoms with E-state index >= 15 is 0 Å². The molecule has 2 amide bonds. The Hall–Kier alpha value is -3.13. The summed E-state index contributed by atoms with van der Waals surface area (Å²) in [5.41, 5.74) is 2.07. The molecule has 1 fully saturated rings. The number of aromatic nitrogens is 2. The Bertz CT molecular complexity index is 1060. The van der Waals surface area contributed by atoms with Crippen LogP contribution in [0.2, 0.25) is 0 Å². The number of aryl methyl sites for hydroxylation is 1. The van der Waals surface area contributed by atoms with E-state index < -0.39 is 0 Å². The van der Waals surface area contributed by atoms with E-state index in [1.807, 2.05) is 49.4 Å². The van der Waals surface area contributed by atoms with Crippen LogP contribution >= 0.6 is 11.8 Å². The van der Waals surface area contributed by atoms with E-state index in [1.54, 1.807) is 6.20 Å². The van der Waals surface area contributed by atoms with Gasteiger partial charge in [-0.25, -0.2) is 9.97 Å². The summed E-state index contributed by atoms with van der Waals surface area (Å²) in [4.78, 5) is 33.3. The van der Waals surface area contributed by atoms with Crippen molar-refractivity contribution in [2.24, 2.45) is 5.92 Å². The molecule has 0 unspecified atom stereocenters. The smallest absolute Gasteiger partial charge is 0.230 e. The summed E-state index contributed by atoms with van der Waals surface area (Å²) >= 11 is 1.38. The largest absolute Gasteiger partial charge is 0.441 e. The van der Waals surface area contributed by atoms with E-state index in [0.717, 1.165) is 29.9 Å². The third-order valence-electron chi connectivity index (χ3n) is 5.23. The molecule has 31 heavy (non-hydrogen) atoms. The highest BCUT2D eigenvalue weighted by Crippen LogP contribution is 2.32. The Balaban J connectivity index is 1.38. The van der Waals surface area contributed by atoms with Crippen molar-refractivity contribution in [3.8, 4) is 11.5 Å². The van der Waals surface area contributed by atoms with E-state index in [0.29, 0.717) is 23.0 Å². The molecule has 0 atom stereocenters. The van der Waals surface area contributed by atoms with Crippen molar-refractivity contribution in [1.82, 2.24) is 15.3 Å². The third kappa shape index (κ3) is 5.32. The highest BCUT2D eigenvalue weighted by molar-refractivity contribution is 7.99. The summed E-state index contributed by atoms with van der Waals surface area (Å²) < 4.78 is 5.86. The number of hydrogen-bond donors (Lipinski definition) is 2. The maximum atomic E-state index is 12.4. The number of thioether (sulfide) groups is 1. The highest BCUT2D eigenvalue weighted by Gasteiger charge is 2.26. The molecule has 1 aliphatic carbocycles. The van der Waals surface area contributed by atoms with Crippen LogP contribution in [0.4, 0.5) is 5.69 Å². The number of oxazole rings is 1. The number of benzene rings is 1. The van der Waals surface area contributed by atoms with Crippen LogP contribution in [0.25, 0.3) is 11.5 Å². The number of para-hydroxylation sites is 1. The summed E-state index contributed by atoms with van der Waals surface area (Å²) in [6.07, 6.45) is 4.68. The van der Waals surface area contributed by atoms with Crippen molar-refractivity contribution in [2.45, 2.75) is 37.8 Å². The van der Waals surface area contributed by atoms with Gasteiger partial charge < -0.3 is 15.1 Å². The lowest BCUT2D eigenvalue weighted by atomic mass is 9.85. The molecular formula is C23H24N4O3S. The lowest BCUT2D eigenvalue weighted by Gasteiger charge is -2.24. The highest BCUT2D eigenvalue weighted by atomic mass is 32.2. The van der Waals surface area contributed by atoms with Crippen molar-refractivity contribution in [3.05, 3.63) is 60.1 Å². The van der Waals surface area contributed by atoms with Gasteiger partial charge in [-0.1, -0.05) is 36.4 Å². The molecule has 0 aliphatic heterocycles. The van der Waals surface area contributed by atoms with Gasteiger partial charge in [-0.2, -0.15) is 0 Å². The Kier molecular flexibility index (Phi) is 6.66. The van der Waals surface area contributed by atoms with E-state index in [1.165, 1.54) is 11.8 Å². The molecule has 0 spiro atoms. The topological polar surface area (TPSA) is 97.1 Å². The van der Waals surface area contributed by atoms with Crippen LogP contribution in [0, 0.1) is 12.8 Å². The number of hydrogen-bond acceptors (Lipinski definition) is 6. The molecule has 0 radical (unpaired) electrons. The van der Waals surface area contributed by atoms with Gasteiger partial charge in [0.05, 0.1) is 28.6 Å². The molecule has 1 aliphatic rings. The second-order valence-electron chi connectivity index (χ2n) is 7.42. The van der Waals surface area contributed by atoms with Crippen molar-refractivity contribution in [1.29, 1.82) is 0 Å². The minimum atomic E-state index is -0.104. The molecule has 2 aromatic heterocycles. The normalized spacial score (nSPS) is 13.5. The zero-order valence-electron chi connectivity index (χ0n) is 17.3. The summed E-state index contributed by atoms with van der Waals surface area (Å²) in [5, 5.41) is 6.68. The number of pyridine rings is 1. The van der Waals surface area contributed by atoms with Crippen molar-refractivity contribution in [3.63, 3.8) is 0 Å². The summed E-state index contributed by atoms with van der Waals surface area (Å²) in [6.45, 7) is 2.09. The predicted molar refractivity (Wildman–Crippen MR) is 119 cm³/mol. The predicted octanol–water partition coefficient (Wildman–Crippen LogP) is 4.19. The fourth-order valence-corrected chi connectivity index (χ4v) is 3.89. The molecule has 1 aromatic carbocycles. The Labute approximate surface area is 185 Å². The van der Waals surface area contributed by atoms with Crippen LogP contribution in [-0.4, -0.2) is 27.5 Å². The first-order valence-corrected chi connectivity index (χ1v) is 11.3. The first-order chi connectivity index (χ1) is 15.1. The fourth-order valence-electron chi connectivity index (χ4n) is 3.20. The Morgan fingerprint density at radius 3 is 2.71 bits per heavy atom. The maximum absolute atomic E-state index is 12.4. The second-order valence-corrected chi connectivity index (χ2v) is 8.41. The summed E-state index contributed by atoms with van der Waals surface area (Å²) in [6, 6.07) is 13.1. The van der Waals surface area contributed by atoms with Gasteiger partial charge in [0.15, 0.2) is 0 Å². The number of rotatable bonds is 8. The van der Waals surface area contributed by atoms with Gasteiger partial charge in [-0.3, -0.25) is 9.59 Å². The van der Waals surface area contributed by atoms with Crippen LogP contribution in [0.3, 0.4) is 0 Å². The second kappa shape index (κ2) is 9.78. The molecule has 3 aromatic rings.